The van der Waals surface area contributed by atoms with E-state index in [0.717, 1.165) is 0 Å². The van der Waals surface area contributed by atoms with Crippen LogP contribution in [-0.4, -0.2) is 54.7 Å². The van der Waals surface area contributed by atoms with Crippen molar-refractivity contribution in [2.75, 3.05) is 33.0 Å². The second-order valence-electron chi connectivity index (χ2n) is 6.48. The molecule has 1 heterocycles. The second kappa shape index (κ2) is 7.02. The third kappa shape index (κ3) is 3.62. The average Bonchev–Trinajstić information content (AvgIpc) is 2.87. The maximum atomic E-state index is 12.9. The first-order valence-corrected chi connectivity index (χ1v) is 11.3. The first-order chi connectivity index (χ1) is 12.2. The summed E-state index contributed by atoms with van der Waals surface area (Å²) >= 11 is 0. The number of likely N-dealkylation sites (N-methyl/N-ethyl adjacent to an activating group) is 1. The van der Waals surface area contributed by atoms with Crippen LogP contribution >= 0.6 is 0 Å². The summed E-state index contributed by atoms with van der Waals surface area (Å²) in [5.74, 6) is -0.0207. The van der Waals surface area contributed by atoms with Gasteiger partial charge in [-0.3, -0.25) is 0 Å². The van der Waals surface area contributed by atoms with E-state index in [1.807, 2.05) is 19.0 Å². The topological polar surface area (TPSA) is 80.8 Å². The van der Waals surface area contributed by atoms with E-state index in [9.17, 15) is 16.8 Å². The van der Waals surface area contributed by atoms with Gasteiger partial charge in [0.05, 0.1) is 15.5 Å². The van der Waals surface area contributed by atoms with Crippen molar-refractivity contribution in [3.05, 3.63) is 54.1 Å². The van der Waals surface area contributed by atoms with E-state index in [0.29, 0.717) is 24.5 Å². The number of hydrogen-bond acceptors (Lipinski definition) is 6. The number of ether oxygens (including phenoxy) is 1. The molecular weight excluding hydrogens is 374 g/mol. The van der Waals surface area contributed by atoms with Crippen molar-refractivity contribution in [3.63, 3.8) is 0 Å². The highest BCUT2D eigenvalue weighted by atomic mass is 32.2. The lowest BCUT2D eigenvalue weighted by molar-refractivity contribution is 0.261. The van der Waals surface area contributed by atoms with Gasteiger partial charge in [0.15, 0.2) is 19.7 Å². The van der Waals surface area contributed by atoms with Crippen molar-refractivity contribution < 1.29 is 21.6 Å². The monoisotopic (exact) mass is 395 g/mol. The van der Waals surface area contributed by atoms with Crippen LogP contribution in [0, 0.1) is 0 Å². The molecule has 26 heavy (non-hydrogen) atoms. The first-order valence-electron chi connectivity index (χ1n) is 8.15. The summed E-state index contributed by atoms with van der Waals surface area (Å²) in [5, 5.41) is -1.10. The van der Waals surface area contributed by atoms with Gasteiger partial charge in [0.1, 0.15) is 17.6 Å². The predicted octanol–water partition coefficient (Wildman–Crippen LogP) is 1.93. The Labute approximate surface area is 154 Å². The minimum absolute atomic E-state index is 0.0457. The third-order valence-electron chi connectivity index (χ3n) is 4.29. The van der Waals surface area contributed by atoms with Crippen LogP contribution in [0.1, 0.15) is 10.8 Å². The van der Waals surface area contributed by atoms with Crippen molar-refractivity contribution in [1.82, 2.24) is 4.90 Å². The van der Waals surface area contributed by atoms with E-state index in [2.05, 4.69) is 0 Å². The number of fused-ring (bicyclic) bond motifs is 1. The van der Waals surface area contributed by atoms with Gasteiger partial charge in [-0.15, -0.1) is 0 Å². The summed E-state index contributed by atoms with van der Waals surface area (Å²) in [6, 6.07) is 12.5. The smallest absolute Gasteiger partial charge is 0.186 e. The standard InChI is InChI=1S/C18H21NO5S2/c1-19(2)10-11-24-14-8-9-16-17(12-14)25(20,21)13-18(16)26(22,23)15-6-4-3-5-7-15/h3-9,12,18H,10-11,13H2,1-2H3. The molecular formula is C18H21NO5S2. The van der Waals surface area contributed by atoms with Gasteiger partial charge in [0.25, 0.3) is 0 Å². The van der Waals surface area contributed by atoms with Crippen molar-refractivity contribution in [3.8, 4) is 5.75 Å². The molecule has 2 aromatic rings. The highest BCUT2D eigenvalue weighted by molar-refractivity contribution is 7.96. The quantitative estimate of drug-likeness (QED) is 0.743. The Morgan fingerprint density at radius 3 is 2.46 bits per heavy atom. The Morgan fingerprint density at radius 1 is 1.12 bits per heavy atom. The highest BCUT2D eigenvalue weighted by Gasteiger charge is 2.43. The molecule has 0 aliphatic carbocycles. The molecule has 2 aromatic carbocycles. The molecule has 3 rings (SSSR count). The minimum atomic E-state index is -3.79. The Kier molecular flexibility index (Phi) is 5.09. The summed E-state index contributed by atoms with van der Waals surface area (Å²) < 4.78 is 56.5. The molecule has 1 aliphatic heterocycles. The molecule has 0 aromatic heterocycles. The number of rotatable bonds is 6. The summed E-state index contributed by atoms with van der Waals surface area (Å²) in [5.41, 5.74) is 0.314. The lowest BCUT2D eigenvalue weighted by Crippen LogP contribution is -2.19. The normalized spacial score (nSPS) is 18.7. The molecule has 1 aliphatic rings. The zero-order chi connectivity index (χ0) is 18.9. The lowest BCUT2D eigenvalue weighted by atomic mass is 10.1. The summed E-state index contributed by atoms with van der Waals surface area (Å²) in [7, 11) is -3.65. The zero-order valence-corrected chi connectivity index (χ0v) is 16.3. The van der Waals surface area contributed by atoms with Gasteiger partial charge in [-0.2, -0.15) is 0 Å². The van der Waals surface area contributed by atoms with E-state index in [1.165, 1.54) is 18.2 Å². The fourth-order valence-corrected chi connectivity index (χ4v) is 7.25. The maximum absolute atomic E-state index is 12.9. The van der Waals surface area contributed by atoms with Crippen molar-refractivity contribution in [2.45, 2.75) is 15.0 Å². The van der Waals surface area contributed by atoms with Crippen molar-refractivity contribution in [2.24, 2.45) is 0 Å². The molecule has 0 bridgehead atoms. The van der Waals surface area contributed by atoms with Gasteiger partial charge < -0.3 is 9.64 Å². The predicted molar refractivity (Wildman–Crippen MR) is 98.9 cm³/mol. The molecule has 1 unspecified atom stereocenters. The van der Waals surface area contributed by atoms with Crippen LogP contribution in [-0.2, 0) is 19.7 Å². The van der Waals surface area contributed by atoms with E-state index in [-0.39, 0.29) is 9.79 Å². The van der Waals surface area contributed by atoms with Crippen LogP contribution in [0.4, 0.5) is 0 Å². The van der Waals surface area contributed by atoms with Crippen molar-refractivity contribution in [1.29, 1.82) is 0 Å². The van der Waals surface area contributed by atoms with Gasteiger partial charge in [0.2, 0.25) is 0 Å². The summed E-state index contributed by atoms with van der Waals surface area (Å²) in [6.07, 6.45) is 0. The Bertz CT molecular complexity index is 999. The van der Waals surface area contributed by atoms with Gasteiger partial charge in [-0.1, -0.05) is 24.3 Å². The first kappa shape index (κ1) is 18.9. The van der Waals surface area contributed by atoms with Gasteiger partial charge in [-0.25, -0.2) is 16.8 Å². The maximum Gasteiger partial charge on any atom is 0.186 e. The van der Waals surface area contributed by atoms with Gasteiger partial charge >= 0.3 is 0 Å². The summed E-state index contributed by atoms with van der Waals surface area (Å²) in [6.45, 7) is 1.10. The van der Waals surface area contributed by atoms with E-state index < -0.39 is 30.7 Å². The zero-order valence-electron chi connectivity index (χ0n) is 14.6. The molecule has 0 saturated carbocycles. The highest BCUT2D eigenvalue weighted by Crippen LogP contribution is 2.42. The van der Waals surface area contributed by atoms with Crippen LogP contribution in [0.5, 0.6) is 5.75 Å². The van der Waals surface area contributed by atoms with Crippen LogP contribution in [0.15, 0.2) is 58.3 Å². The molecule has 1 atom stereocenters. The van der Waals surface area contributed by atoms with E-state index in [1.54, 1.807) is 30.3 Å². The SMILES string of the molecule is CN(C)CCOc1ccc2c(c1)S(=O)(=O)CC2S(=O)(=O)c1ccccc1. The van der Waals surface area contributed by atoms with Gasteiger partial charge in [0, 0.05) is 6.54 Å². The van der Waals surface area contributed by atoms with E-state index in [4.69, 9.17) is 4.74 Å². The largest absolute Gasteiger partial charge is 0.492 e. The fraction of sp³-hybridized carbons (Fsp3) is 0.333. The van der Waals surface area contributed by atoms with Crippen LogP contribution in [0.2, 0.25) is 0 Å². The van der Waals surface area contributed by atoms with Gasteiger partial charge in [-0.05, 0) is 43.9 Å². The fourth-order valence-electron chi connectivity index (χ4n) is 2.90. The number of hydrogen-bond donors (Lipinski definition) is 0. The number of benzene rings is 2. The van der Waals surface area contributed by atoms with Crippen molar-refractivity contribution >= 4 is 19.7 Å². The third-order valence-corrected chi connectivity index (χ3v) is 8.40. The molecule has 0 amide bonds. The second-order valence-corrected chi connectivity index (χ2v) is 10.6. The molecule has 0 spiro atoms. The molecule has 0 saturated heterocycles. The molecule has 140 valence electrons. The number of sulfone groups is 2. The minimum Gasteiger partial charge on any atom is -0.492 e. The molecule has 8 heteroatoms. The lowest BCUT2D eigenvalue weighted by Gasteiger charge is -2.13. The Hall–Kier alpha value is -1.90. The Morgan fingerprint density at radius 2 is 1.81 bits per heavy atom. The average molecular weight is 396 g/mol. The molecule has 0 radical (unpaired) electrons. The molecule has 6 nitrogen and oxygen atoms in total. The van der Waals surface area contributed by atoms with Crippen LogP contribution < -0.4 is 4.74 Å². The van der Waals surface area contributed by atoms with Crippen LogP contribution in [0.3, 0.4) is 0 Å². The van der Waals surface area contributed by atoms with E-state index >= 15 is 0 Å². The van der Waals surface area contributed by atoms with Crippen LogP contribution in [0.25, 0.3) is 0 Å². The molecule has 0 N–H and O–H groups in total. The number of nitrogens with zero attached hydrogens (tertiary/aromatic N) is 1. The Balaban J connectivity index is 1.95. The molecule has 0 fully saturated rings. The summed E-state index contributed by atoms with van der Waals surface area (Å²) in [4.78, 5) is 2.12.